The number of ether oxygens (including phenoxy) is 2. The first kappa shape index (κ1) is 25.4. The first-order chi connectivity index (χ1) is 17.5. The highest BCUT2D eigenvalue weighted by Crippen LogP contribution is 2.30. The second-order valence-electron chi connectivity index (χ2n) is 9.22. The summed E-state index contributed by atoms with van der Waals surface area (Å²) in [5, 5.41) is 3.20. The van der Waals surface area contributed by atoms with Crippen LogP contribution in [0.5, 0.6) is 11.5 Å². The lowest BCUT2D eigenvalue weighted by Crippen LogP contribution is -2.46. The highest BCUT2D eigenvalue weighted by molar-refractivity contribution is 5.96. The number of rotatable bonds is 10. The highest BCUT2D eigenvalue weighted by Gasteiger charge is 2.34. The molecule has 1 aliphatic rings. The Morgan fingerprint density at radius 3 is 2.39 bits per heavy atom. The van der Waals surface area contributed by atoms with Gasteiger partial charge in [0.15, 0.2) is 17.3 Å². The molecule has 0 aliphatic heterocycles. The Morgan fingerprint density at radius 1 is 1.03 bits per heavy atom. The predicted molar refractivity (Wildman–Crippen MR) is 137 cm³/mol. The Kier molecular flexibility index (Phi) is 8.31. The maximum atomic E-state index is 13.7. The summed E-state index contributed by atoms with van der Waals surface area (Å²) >= 11 is 0. The van der Waals surface area contributed by atoms with Crippen LogP contribution >= 0.6 is 0 Å². The zero-order valence-electron chi connectivity index (χ0n) is 21.2. The number of nitrogens with one attached hydrogen (secondary N) is 1. The molecule has 1 heterocycles. The standard InChI is InChI=1S/C29H34N2O5/c1-20-10-13-22(14-11-20)27(28(32)30-23-7-4-5-8-23)31(29(33)25-9-6-18-36-25)17-16-21-12-15-24(34-2)26(19-21)35-3/h6,9-15,18-19,23,27H,4-5,7-8,16-17H2,1-3H3,(H,30,32). The summed E-state index contributed by atoms with van der Waals surface area (Å²) in [6.45, 7) is 2.31. The molecule has 7 heteroatoms. The van der Waals surface area contributed by atoms with Crippen LogP contribution in [0.3, 0.4) is 0 Å². The fourth-order valence-corrected chi connectivity index (χ4v) is 4.75. The van der Waals surface area contributed by atoms with Gasteiger partial charge in [-0.15, -0.1) is 0 Å². The van der Waals surface area contributed by atoms with E-state index < -0.39 is 6.04 Å². The van der Waals surface area contributed by atoms with Crippen molar-refractivity contribution < 1.29 is 23.5 Å². The van der Waals surface area contributed by atoms with Gasteiger partial charge < -0.3 is 24.1 Å². The van der Waals surface area contributed by atoms with E-state index in [9.17, 15) is 9.59 Å². The molecule has 1 aromatic heterocycles. The third-order valence-electron chi connectivity index (χ3n) is 6.74. The number of aryl methyl sites for hydroxylation is 1. The maximum absolute atomic E-state index is 13.7. The molecule has 2 aromatic carbocycles. The van der Waals surface area contributed by atoms with E-state index in [1.165, 1.54) is 6.26 Å². The molecule has 0 radical (unpaired) electrons. The highest BCUT2D eigenvalue weighted by atomic mass is 16.5. The topological polar surface area (TPSA) is 81.0 Å². The van der Waals surface area contributed by atoms with Crippen LogP contribution in [-0.4, -0.2) is 43.5 Å². The van der Waals surface area contributed by atoms with Crippen molar-refractivity contribution in [3.8, 4) is 11.5 Å². The normalized spacial score (nSPS) is 14.3. The van der Waals surface area contributed by atoms with Gasteiger partial charge in [-0.2, -0.15) is 0 Å². The summed E-state index contributed by atoms with van der Waals surface area (Å²) in [6.07, 6.45) is 6.13. The predicted octanol–water partition coefficient (Wildman–Crippen LogP) is 5.09. The van der Waals surface area contributed by atoms with Gasteiger partial charge in [0.1, 0.15) is 6.04 Å². The van der Waals surface area contributed by atoms with Crippen molar-refractivity contribution in [1.29, 1.82) is 0 Å². The van der Waals surface area contributed by atoms with Crippen LogP contribution in [0, 0.1) is 6.92 Å². The average molecular weight is 491 g/mol. The van der Waals surface area contributed by atoms with E-state index >= 15 is 0 Å². The Balaban J connectivity index is 1.67. The summed E-state index contributed by atoms with van der Waals surface area (Å²) < 4.78 is 16.2. The van der Waals surface area contributed by atoms with E-state index in [1.807, 2.05) is 49.4 Å². The molecule has 2 amide bonds. The SMILES string of the molecule is COc1ccc(CCN(C(=O)c2ccco2)C(C(=O)NC2CCCC2)c2ccc(C)cc2)cc1OC. The lowest BCUT2D eigenvalue weighted by atomic mass is 10.0. The smallest absolute Gasteiger partial charge is 0.290 e. The summed E-state index contributed by atoms with van der Waals surface area (Å²) in [7, 11) is 3.19. The zero-order valence-corrected chi connectivity index (χ0v) is 21.2. The summed E-state index contributed by atoms with van der Waals surface area (Å²) in [6, 6.07) is 16.1. The van der Waals surface area contributed by atoms with Crippen molar-refractivity contribution in [1.82, 2.24) is 10.2 Å². The molecule has 190 valence electrons. The molecular weight excluding hydrogens is 456 g/mol. The molecule has 1 unspecified atom stereocenters. The average Bonchev–Trinajstić information content (AvgIpc) is 3.61. The van der Waals surface area contributed by atoms with Gasteiger partial charge in [0.2, 0.25) is 5.91 Å². The van der Waals surface area contributed by atoms with Crippen molar-refractivity contribution in [3.05, 3.63) is 83.3 Å². The number of hydrogen-bond acceptors (Lipinski definition) is 5. The number of furan rings is 1. The first-order valence-corrected chi connectivity index (χ1v) is 12.4. The van der Waals surface area contributed by atoms with Gasteiger partial charge in [-0.25, -0.2) is 0 Å². The fraction of sp³-hybridized carbons (Fsp3) is 0.379. The van der Waals surface area contributed by atoms with Crippen LogP contribution in [0.4, 0.5) is 0 Å². The summed E-state index contributed by atoms with van der Waals surface area (Å²) in [5.74, 6) is 0.963. The number of carbonyl (C=O) groups excluding carboxylic acids is 2. The minimum absolute atomic E-state index is 0.136. The lowest BCUT2D eigenvalue weighted by Gasteiger charge is -2.32. The molecule has 7 nitrogen and oxygen atoms in total. The summed E-state index contributed by atoms with van der Waals surface area (Å²) in [5.41, 5.74) is 2.81. The number of hydrogen-bond donors (Lipinski definition) is 1. The third kappa shape index (κ3) is 5.90. The number of methoxy groups -OCH3 is 2. The van der Waals surface area contributed by atoms with E-state index in [2.05, 4.69) is 5.32 Å². The number of carbonyl (C=O) groups is 2. The van der Waals surface area contributed by atoms with Crippen LogP contribution in [0.15, 0.2) is 65.3 Å². The van der Waals surface area contributed by atoms with Crippen molar-refractivity contribution in [2.75, 3.05) is 20.8 Å². The largest absolute Gasteiger partial charge is 0.493 e. The van der Waals surface area contributed by atoms with Crippen LogP contribution in [0.1, 0.15) is 59.0 Å². The van der Waals surface area contributed by atoms with Crippen molar-refractivity contribution in [2.24, 2.45) is 0 Å². The second-order valence-corrected chi connectivity index (χ2v) is 9.22. The van der Waals surface area contributed by atoms with Crippen LogP contribution in [-0.2, 0) is 11.2 Å². The van der Waals surface area contributed by atoms with Gasteiger partial charge in [0.05, 0.1) is 20.5 Å². The Labute approximate surface area is 212 Å². The molecule has 36 heavy (non-hydrogen) atoms. The summed E-state index contributed by atoms with van der Waals surface area (Å²) in [4.78, 5) is 29.0. The molecule has 0 saturated heterocycles. The minimum Gasteiger partial charge on any atom is -0.493 e. The monoisotopic (exact) mass is 490 g/mol. The van der Waals surface area contributed by atoms with Crippen molar-refractivity contribution in [2.45, 2.75) is 51.1 Å². The van der Waals surface area contributed by atoms with Crippen molar-refractivity contribution >= 4 is 11.8 Å². The van der Waals surface area contributed by atoms with E-state index in [0.29, 0.717) is 24.5 Å². The van der Waals surface area contributed by atoms with Crippen LogP contribution < -0.4 is 14.8 Å². The van der Waals surface area contributed by atoms with E-state index in [0.717, 1.165) is 42.4 Å². The van der Waals surface area contributed by atoms with E-state index in [-0.39, 0.29) is 23.6 Å². The van der Waals surface area contributed by atoms with Crippen LogP contribution in [0.25, 0.3) is 0 Å². The molecule has 1 fully saturated rings. The molecule has 0 spiro atoms. The number of amides is 2. The van der Waals surface area contributed by atoms with Gasteiger partial charge in [-0.3, -0.25) is 9.59 Å². The molecular formula is C29H34N2O5. The Hall–Kier alpha value is -3.74. The van der Waals surface area contributed by atoms with Gasteiger partial charge in [0.25, 0.3) is 5.91 Å². The molecule has 1 saturated carbocycles. The van der Waals surface area contributed by atoms with Gasteiger partial charge in [-0.05, 0) is 61.6 Å². The van der Waals surface area contributed by atoms with Crippen LogP contribution in [0.2, 0.25) is 0 Å². The lowest BCUT2D eigenvalue weighted by molar-refractivity contribution is -0.126. The third-order valence-corrected chi connectivity index (χ3v) is 6.74. The van der Waals surface area contributed by atoms with E-state index in [4.69, 9.17) is 13.9 Å². The second kappa shape index (κ2) is 11.8. The number of benzene rings is 2. The van der Waals surface area contributed by atoms with Gasteiger partial charge in [0, 0.05) is 12.6 Å². The molecule has 4 rings (SSSR count). The quantitative estimate of drug-likeness (QED) is 0.428. The number of nitrogens with zero attached hydrogens (tertiary/aromatic N) is 1. The molecule has 1 aliphatic carbocycles. The molecule has 1 atom stereocenters. The maximum Gasteiger partial charge on any atom is 0.290 e. The minimum atomic E-state index is -0.788. The first-order valence-electron chi connectivity index (χ1n) is 12.4. The zero-order chi connectivity index (χ0) is 25.5. The van der Waals surface area contributed by atoms with Crippen molar-refractivity contribution in [3.63, 3.8) is 0 Å². The Bertz CT molecular complexity index is 1150. The molecule has 3 aromatic rings. The molecule has 1 N–H and O–H groups in total. The fourth-order valence-electron chi connectivity index (χ4n) is 4.75. The van der Waals surface area contributed by atoms with Gasteiger partial charge >= 0.3 is 0 Å². The van der Waals surface area contributed by atoms with Gasteiger partial charge in [-0.1, -0.05) is 48.7 Å². The Morgan fingerprint density at radius 2 is 1.75 bits per heavy atom. The molecule has 0 bridgehead atoms. The van der Waals surface area contributed by atoms with E-state index in [1.54, 1.807) is 31.3 Å².